The molecule has 0 aromatic carbocycles. The second-order valence-corrected chi connectivity index (χ2v) is 4.70. The molecular formula is C13H21NO. The minimum Gasteiger partial charge on any atom is -0.469 e. The number of furan rings is 1. The fourth-order valence-electron chi connectivity index (χ4n) is 2.24. The lowest BCUT2D eigenvalue weighted by Crippen LogP contribution is -2.38. The number of nitrogens with one attached hydrogen (secondary N) is 1. The highest BCUT2D eigenvalue weighted by Gasteiger charge is 2.30. The fraction of sp³-hybridized carbons (Fsp3) is 0.692. The van der Waals surface area contributed by atoms with Crippen molar-refractivity contribution >= 4 is 0 Å². The van der Waals surface area contributed by atoms with E-state index in [0.29, 0.717) is 6.04 Å². The molecule has 1 fully saturated rings. The first-order chi connectivity index (χ1) is 7.29. The zero-order chi connectivity index (χ0) is 10.7. The maximum Gasteiger partial charge on any atom is 0.105 e. The van der Waals surface area contributed by atoms with Gasteiger partial charge in [0.2, 0.25) is 0 Å². The summed E-state index contributed by atoms with van der Waals surface area (Å²) in [6.07, 6.45) is 6.82. The highest BCUT2D eigenvalue weighted by Crippen LogP contribution is 2.34. The minimum absolute atomic E-state index is 0.515. The van der Waals surface area contributed by atoms with Crippen molar-refractivity contribution in [1.29, 1.82) is 0 Å². The van der Waals surface area contributed by atoms with Crippen molar-refractivity contribution in [3.63, 3.8) is 0 Å². The van der Waals surface area contributed by atoms with E-state index in [2.05, 4.69) is 25.2 Å². The fourth-order valence-corrected chi connectivity index (χ4v) is 2.24. The number of hydrogen-bond donors (Lipinski definition) is 1. The van der Waals surface area contributed by atoms with Crippen LogP contribution < -0.4 is 5.32 Å². The zero-order valence-electron chi connectivity index (χ0n) is 9.70. The van der Waals surface area contributed by atoms with Gasteiger partial charge in [0.1, 0.15) is 5.76 Å². The molecule has 1 aliphatic carbocycles. The first kappa shape index (κ1) is 10.7. The van der Waals surface area contributed by atoms with Gasteiger partial charge in [-0.05, 0) is 44.2 Å². The molecule has 1 N–H and O–H groups in total. The molecule has 2 rings (SSSR count). The van der Waals surface area contributed by atoms with Crippen LogP contribution in [0, 0.1) is 5.92 Å². The third-order valence-electron chi connectivity index (χ3n) is 3.22. The van der Waals surface area contributed by atoms with E-state index in [1.807, 2.05) is 6.07 Å². The van der Waals surface area contributed by atoms with Gasteiger partial charge < -0.3 is 9.73 Å². The Morgan fingerprint density at radius 3 is 2.87 bits per heavy atom. The van der Waals surface area contributed by atoms with Gasteiger partial charge in [0.25, 0.3) is 0 Å². The van der Waals surface area contributed by atoms with Crippen molar-refractivity contribution < 1.29 is 4.42 Å². The molecule has 1 aliphatic rings. The van der Waals surface area contributed by atoms with Gasteiger partial charge in [-0.2, -0.15) is 0 Å². The van der Waals surface area contributed by atoms with E-state index in [1.54, 1.807) is 6.26 Å². The predicted molar refractivity (Wildman–Crippen MR) is 61.8 cm³/mol. The van der Waals surface area contributed by atoms with Crippen molar-refractivity contribution in [3.8, 4) is 0 Å². The first-order valence-electron chi connectivity index (χ1n) is 6.08. The average molecular weight is 207 g/mol. The van der Waals surface area contributed by atoms with Crippen LogP contribution >= 0.6 is 0 Å². The van der Waals surface area contributed by atoms with E-state index < -0.39 is 0 Å². The molecule has 0 bridgehead atoms. The highest BCUT2D eigenvalue weighted by molar-refractivity contribution is 5.00. The number of hydrogen-bond acceptors (Lipinski definition) is 2. The Labute approximate surface area is 92.1 Å². The summed E-state index contributed by atoms with van der Waals surface area (Å²) in [6, 6.07) is 5.24. The summed E-state index contributed by atoms with van der Waals surface area (Å²) in [6.45, 7) is 4.52. The van der Waals surface area contributed by atoms with Crippen LogP contribution in [0.25, 0.3) is 0 Å². The maximum absolute atomic E-state index is 5.36. The van der Waals surface area contributed by atoms with Crippen molar-refractivity contribution in [1.82, 2.24) is 5.32 Å². The van der Waals surface area contributed by atoms with Gasteiger partial charge in [0.05, 0.1) is 6.26 Å². The van der Waals surface area contributed by atoms with Crippen LogP contribution in [-0.2, 0) is 6.42 Å². The molecule has 1 aromatic heterocycles. The van der Waals surface area contributed by atoms with Crippen molar-refractivity contribution in [2.75, 3.05) is 0 Å². The second kappa shape index (κ2) is 4.84. The van der Waals surface area contributed by atoms with Gasteiger partial charge in [-0.3, -0.25) is 0 Å². The normalized spacial score (nSPS) is 20.1. The SMILES string of the molecule is CCC(NC(C)Cc1ccco1)C1CC1. The molecule has 1 saturated carbocycles. The summed E-state index contributed by atoms with van der Waals surface area (Å²) in [5.74, 6) is 2.02. The van der Waals surface area contributed by atoms with Gasteiger partial charge in [-0.25, -0.2) is 0 Å². The van der Waals surface area contributed by atoms with Crippen LogP contribution in [0.3, 0.4) is 0 Å². The van der Waals surface area contributed by atoms with Crippen LogP contribution in [0.1, 0.15) is 38.9 Å². The Kier molecular flexibility index (Phi) is 3.47. The highest BCUT2D eigenvalue weighted by atomic mass is 16.3. The molecule has 2 nitrogen and oxygen atoms in total. The van der Waals surface area contributed by atoms with E-state index in [0.717, 1.165) is 24.1 Å². The lowest BCUT2D eigenvalue weighted by atomic mass is 10.1. The van der Waals surface area contributed by atoms with Crippen molar-refractivity contribution in [3.05, 3.63) is 24.2 Å². The van der Waals surface area contributed by atoms with Gasteiger partial charge in [-0.1, -0.05) is 6.92 Å². The molecule has 2 unspecified atom stereocenters. The Morgan fingerprint density at radius 2 is 2.33 bits per heavy atom. The quantitative estimate of drug-likeness (QED) is 0.775. The van der Waals surface area contributed by atoms with Gasteiger partial charge in [0, 0.05) is 18.5 Å². The molecule has 0 radical (unpaired) electrons. The lowest BCUT2D eigenvalue weighted by molar-refractivity contribution is 0.378. The molecule has 0 saturated heterocycles. The van der Waals surface area contributed by atoms with E-state index in [-0.39, 0.29) is 0 Å². The molecule has 0 aliphatic heterocycles. The molecule has 1 heterocycles. The van der Waals surface area contributed by atoms with Crippen LogP contribution in [-0.4, -0.2) is 12.1 Å². The van der Waals surface area contributed by atoms with Gasteiger partial charge in [0.15, 0.2) is 0 Å². The minimum atomic E-state index is 0.515. The smallest absolute Gasteiger partial charge is 0.105 e. The van der Waals surface area contributed by atoms with Crippen LogP contribution in [0.15, 0.2) is 22.8 Å². The summed E-state index contributed by atoms with van der Waals surface area (Å²) in [5, 5.41) is 3.71. The van der Waals surface area contributed by atoms with Crippen LogP contribution in [0.4, 0.5) is 0 Å². The standard InChI is InChI=1S/C13H21NO/c1-3-13(11-6-7-11)14-10(2)9-12-5-4-8-15-12/h4-5,8,10-11,13-14H,3,6-7,9H2,1-2H3. The largest absolute Gasteiger partial charge is 0.469 e. The summed E-state index contributed by atoms with van der Waals surface area (Å²) in [5.41, 5.74) is 0. The molecule has 0 amide bonds. The summed E-state index contributed by atoms with van der Waals surface area (Å²) >= 11 is 0. The summed E-state index contributed by atoms with van der Waals surface area (Å²) in [4.78, 5) is 0. The number of rotatable bonds is 6. The second-order valence-electron chi connectivity index (χ2n) is 4.70. The van der Waals surface area contributed by atoms with E-state index in [9.17, 15) is 0 Å². The maximum atomic E-state index is 5.36. The Hall–Kier alpha value is -0.760. The third kappa shape index (κ3) is 3.10. The molecule has 15 heavy (non-hydrogen) atoms. The molecule has 2 atom stereocenters. The Bertz CT molecular complexity index is 277. The Morgan fingerprint density at radius 1 is 1.53 bits per heavy atom. The van der Waals surface area contributed by atoms with Gasteiger partial charge in [-0.15, -0.1) is 0 Å². The molecule has 0 spiro atoms. The van der Waals surface area contributed by atoms with E-state index in [1.165, 1.54) is 19.3 Å². The van der Waals surface area contributed by atoms with Crippen LogP contribution in [0.2, 0.25) is 0 Å². The Balaban J connectivity index is 1.78. The molecule has 84 valence electrons. The average Bonchev–Trinajstić information content (AvgIpc) is 2.95. The third-order valence-corrected chi connectivity index (χ3v) is 3.22. The summed E-state index contributed by atoms with van der Waals surface area (Å²) < 4.78 is 5.36. The topological polar surface area (TPSA) is 25.2 Å². The zero-order valence-corrected chi connectivity index (χ0v) is 9.70. The van der Waals surface area contributed by atoms with Crippen LogP contribution in [0.5, 0.6) is 0 Å². The van der Waals surface area contributed by atoms with Gasteiger partial charge >= 0.3 is 0 Å². The van der Waals surface area contributed by atoms with Crippen molar-refractivity contribution in [2.45, 2.75) is 51.6 Å². The molecule has 1 aromatic rings. The first-order valence-corrected chi connectivity index (χ1v) is 6.08. The lowest BCUT2D eigenvalue weighted by Gasteiger charge is -2.21. The summed E-state index contributed by atoms with van der Waals surface area (Å²) in [7, 11) is 0. The predicted octanol–water partition coefficient (Wildman–Crippen LogP) is 2.99. The molecular weight excluding hydrogens is 186 g/mol. The van der Waals surface area contributed by atoms with Crippen molar-refractivity contribution in [2.24, 2.45) is 5.92 Å². The van der Waals surface area contributed by atoms with E-state index >= 15 is 0 Å². The molecule has 2 heteroatoms. The van der Waals surface area contributed by atoms with E-state index in [4.69, 9.17) is 4.42 Å². The monoisotopic (exact) mass is 207 g/mol.